The van der Waals surface area contributed by atoms with Gasteiger partial charge in [-0.05, 0) is 37.9 Å². The Kier molecular flexibility index (Phi) is 7.78. The van der Waals surface area contributed by atoms with Crippen LogP contribution in [0.25, 0.3) is 16.5 Å². The molecule has 13 heteroatoms. The van der Waals surface area contributed by atoms with Crippen LogP contribution < -0.4 is 14.2 Å². The average Bonchev–Trinajstić information content (AvgIpc) is 3.49. The summed E-state index contributed by atoms with van der Waals surface area (Å²) in [6.07, 6.45) is 1.74. The smallest absolute Gasteiger partial charge is 0.239 e. The van der Waals surface area contributed by atoms with Gasteiger partial charge in [-0.25, -0.2) is 19.3 Å². The third-order valence-electron chi connectivity index (χ3n) is 5.01. The molecule has 35 heavy (non-hydrogen) atoms. The quantitative estimate of drug-likeness (QED) is 0.302. The van der Waals surface area contributed by atoms with Crippen LogP contribution in [0.4, 0.5) is 10.3 Å². The van der Waals surface area contributed by atoms with Crippen molar-refractivity contribution in [2.45, 2.75) is 25.2 Å². The molecule has 0 aliphatic carbocycles. The largest absolute Gasteiger partial charge is 0.494 e. The predicted octanol–water partition coefficient (Wildman–Crippen LogP) is 4.48. The van der Waals surface area contributed by atoms with Crippen molar-refractivity contribution in [3.8, 4) is 28.0 Å². The lowest BCUT2D eigenvalue weighted by molar-refractivity contribution is 0.0970. The lowest BCUT2D eigenvalue weighted by Gasteiger charge is -2.21. The summed E-state index contributed by atoms with van der Waals surface area (Å²) in [5, 5.41) is 11.3. The van der Waals surface area contributed by atoms with Gasteiger partial charge in [0.05, 0.1) is 31.9 Å². The summed E-state index contributed by atoms with van der Waals surface area (Å²) in [4.78, 5) is 12.7. The minimum atomic E-state index is -0.508. The van der Waals surface area contributed by atoms with Crippen LogP contribution in [-0.2, 0) is 4.74 Å². The Bertz CT molecular complexity index is 1260. The van der Waals surface area contributed by atoms with Gasteiger partial charge in [0.15, 0.2) is 22.5 Å². The Morgan fingerprint density at radius 2 is 1.77 bits per heavy atom. The van der Waals surface area contributed by atoms with E-state index in [2.05, 4.69) is 29.9 Å². The number of hydrogen-bond acceptors (Lipinski definition) is 11. The van der Waals surface area contributed by atoms with E-state index < -0.39 is 11.9 Å². The molecule has 1 N–H and O–H groups in total. The van der Waals surface area contributed by atoms with Gasteiger partial charge in [0.2, 0.25) is 5.95 Å². The van der Waals surface area contributed by atoms with Gasteiger partial charge in [-0.1, -0.05) is 6.07 Å². The molecule has 0 bridgehead atoms. The summed E-state index contributed by atoms with van der Waals surface area (Å²) < 4.78 is 35.2. The molecule has 4 aromatic rings. The summed E-state index contributed by atoms with van der Waals surface area (Å²) in [6.45, 7) is 3.86. The second-order valence-corrected chi connectivity index (χ2v) is 9.37. The van der Waals surface area contributed by atoms with Crippen LogP contribution in [0.2, 0.25) is 0 Å². The van der Waals surface area contributed by atoms with Gasteiger partial charge in [-0.2, -0.15) is 0 Å². The van der Waals surface area contributed by atoms with Crippen molar-refractivity contribution >= 4 is 29.2 Å². The molecule has 0 fully saturated rings. The molecule has 0 saturated carbocycles. The van der Waals surface area contributed by atoms with E-state index >= 15 is 0 Å². The highest BCUT2D eigenvalue weighted by Gasteiger charge is 2.27. The van der Waals surface area contributed by atoms with Crippen molar-refractivity contribution in [1.29, 1.82) is 0 Å². The first-order valence-electron chi connectivity index (χ1n) is 10.5. The molecule has 0 spiro atoms. The first kappa shape index (κ1) is 24.8. The van der Waals surface area contributed by atoms with Gasteiger partial charge >= 0.3 is 0 Å². The Morgan fingerprint density at radius 3 is 2.34 bits per heavy atom. The molecule has 0 amide bonds. The summed E-state index contributed by atoms with van der Waals surface area (Å²) in [5.41, 5.74) is 1.51. The van der Waals surface area contributed by atoms with Crippen LogP contribution in [0, 0.1) is 12.7 Å². The van der Waals surface area contributed by atoms with Crippen LogP contribution in [0.3, 0.4) is 0 Å². The zero-order chi connectivity index (χ0) is 24.9. The minimum absolute atomic E-state index is 0.180. The molecule has 2 unspecified atom stereocenters. The Hall–Kier alpha value is -3.29. The molecule has 0 saturated heterocycles. The fourth-order valence-corrected chi connectivity index (χ4v) is 4.94. The number of aromatic nitrogens is 6. The zero-order valence-corrected chi connectivity index (χ0v) is 21.4. The highest BCUT2D eigenvalue weighted by Crippen LogP contribution is 2.39. The molecule has 0 aliphatic rings. The average molecular weight is 518 g/mol. The van der Waals surface area contributed by atoms with Gasteiger partial charge in [0.25, 0.3) is 0 Å². The molecule has 10 nitrogen and oxygen atoms in total. The third kappa shape index (κ3) is 5.21. The third-order valence-corrected chi connectivity index (χ3v) is 6.89. The standard InChI is InChI=1S/C22H24FN7O3S2/c1-12-11-34-21(26-12)20-27-28-22(30(20)17-15(31-3)7-6-8-16(17)32-4)29-35-13(2)18(33-5)19-24-9-14(23)10-25-19/h6-11,13,18H,1-5H3,(H,28,29). The first-order chi connectivity index (χ1) is 17.0. The lowest BCUT2D eigenvalue weighted by atomic mass is 10.2. The molecule has 184 valence electrons. The number of benzene rings is 1. The summed E-state index contributed by atoms with van der Waals surface area (Å²) in [5.74, 6) is 1.99. The van der Waals surface area contributed by atoms with Crippen LogP contribution in [0.5, 0.6) is 11.5 Å². The van der Waals surface area contributed by atoms with Gasteiger partial charge in [-0.3, -0.25) is 9.29 Å². The van der Waals surface area contributed by atoms with E-state index in [1.807, 2.05) is 42.0 Å². The normalized spacial score (nSPS) is 12.9. The number of rotatable bonds is 10. The minimum Gasteiger partial charge on any atom is -0.494 e. The van der Waals surface area contributed by atoms with Crippen LogP contribution >= 0.6 is 23.3 Å². The van der Waals surface area contributed by atoms with E-state index in [4.69, 9.17) is 14.2 Å². The molecule has 0 radical (unpaired) electrons. The Morgan fingerprint density at radius 1 is 1.09 bits per heavy atom. The number of thiazole rings is 1. The van der Waals surface area contributed by atoms with E-state index in [1.165, 1.54) is 23.3 Å². The fraction of sp³-hybridized carbons (Fsp3) is 0.318. The van der Waals surface area contributed by atoms with Crippen molar-refractivity contribution < 1.29 is 18.6 Å². The van der Waals surface area contributed by atoms with Crippen molar-refractivity contribution in [3.63, 3.8) is 0 Å². The number of nitrogens with zero attached hydrogens (tertiary/aromatic N) is 6. The zero-order valence-electron chi connectivity index (χ0n) is 19.7. The number of halogens is 1. The number of para-hydroxylation sites is 1. The molecule has 2 atom stereocenters. The van der Waals surface area contributed by atoms with Gasteiger partial charge in [-0.15, -0.1) is 21.5 Å². The number of anilines is 1. The van der Waals surface area contributed by atoms with Gasteiger partial charge in [0, 0.05) is 18.2 Å². The maximum Gasteiger partial charge on any atom is 0.239 e. The first-order valence-corrected chi connectivity index (χ1v) is 12.2. The van der Waals surface area contributed by atoms with Crippen molar-refractivity contribution in [1.82, 2.24) is 29.7 Å². The van der Waals surface area contributed by atoms with E-state index in [0.717, 1.165) is 18.1 Å². The number of hydrogen-bond donors (Lipinski definition) is 1. The highest BCUT2D eigenvalue weighted by molar-refractivity contribution is 8.01. The monoisotopic (exact) mass is 517 g/mol. The predicted molar refractivity (Wildman–Crippen MR) is 133 cm³/mol. The van der Waals surface area contributed by atoms with Crippen LogP contribution in [0.1, 0.15) is 24.5 Å². The lowest BCUT2D eigenvalue weighted by Crippen LogP contribution is -2.19. The maximum atomic E-state index is 13.3. The molecule has 1 aromatic carbocycles. The number of aryl methyl sites for hydroxylation is 1. The number of nitrogens with one attached hydrogen (secondary N) is 1. The van der Waals surface area contributed by atoms with E-state index in [9.17, 15) is 4.39 Å². The topological polar surface area (TPSA) is 109 Å². The molecule has 3 aromatic heterocycles. The van der Waals surface area contributed by atoms with E-state index in [-0.39, 0.29) is 5.25 Å². The van der Waals surface area contributed by atoms with Gasteiger partial charge < -0.3 is 14.2 Å². The van der Waals surface area contributed by atoms with Crippen molar-refractivity contribution in [2.24, 2.45) is 0 Å². The van der Waals surface area contributed by atoms with Crippen molar-refractivity contribution in [2.75, 3.05) is 26.1 Å². The Labute approximate surface area is 210 Å². The summed E-state index contributed by atoms with van der Waals surface area (Å²) >= 11 is 2.81. The van der Waals surface area contributed by atoms with Crippen molar-refractivity contribution in [3.05, 3.63) is 53.3 Å². The number of ether oxygens (including phenoxy) is 3. The van der Waals surface area contributed by atoms with Crippen LogP contribution in [0.15, 0.2) is 36.0 Å². The molecular formula is C22H24FN7O3S2. The van der Waals surface area contributed by atoms with Gasteiger partial charge in [0.1, 0.15) is 23.3 Å². The SMILES string of the molecule is COc1cccc(OC)c1-n1c(NSC(C)C(OC)c2ncc(F)cn2)nnc1-c1nc(C)cs1. The molecule has 4 rings (SSSR count). The summed E-state index contributed by atoms with van der Waals surface area (Å²) in [6, 6.07) is 5.51. The van der Waals surface area contributed by atoms with E-state index in [0.29, 0.717) is 39.8 Å². The molecule has 3 heterocycles. The fourth-order valence-electron chi connectivity index (χ4n) is 3.39. The summed E-state index contributed by atoms with van der Waals surface area (Å²) in [7, 11) is 4.73. The maximum absolute atomic E-state index is 13.3. The van der Waals surface area contributed by atoms with Crippen LogP contribution in [-0.4, -0.2) is 56.3 Å². The molecular weight excluding hydrogens is 493 g/mol. The molecule has 0 aliphatic heterocycles. The Balaban J connectivity index is 1.71. The second kappa shape index (κ2) is 11.0. The second-order valence-electron chi connectivity index (χ2n) is 7.33. The van der Waals surface area contributed by atoms with E-state index in [1.54, 1.807) is 21.3 Å². The number of methoxy groups -OCH3 is 3. The highest BCUT2D eigenvalue weighted by atomic mass is 32.2.